The first kappa shape index (κ1) is 22.5. The van der Waals surface area contributed by atoms with E-state index < -0.39 is 0 Å². The molecule has 0 aliphatic rings. The van der Waals surface area contributed by atoms with E-state index in [1.165, 1.54) is 32.1 Å². The highest BCUT2D eigenvalue weighted by Gasteiger charge is 2.13. The van der Waals surface area contributed by atoms with Crippen LogP contribution in [0.25, 0.3) is 0 Å². The summed E-state index contributed by atoms with van der Waals surface area (Å²) in [6.07, 6.45) is 10.3. The highest BCUT2D eigenvalue weighted by Crippen LogP contribution is 2.32. The first-order valence-electron chi connectivity index (χ1n) is 9.61. The molecular weight excluding hydrogens is 332 g/mol. The van der Waals surface area contributed by atoms with Gasteiger partial charge in [-0.05, 0) is 19.3 Å². The van der Waals surface area contributed by atoms with Crippen molar-refractivity contribution in [1.82, 2.24) is 4.98 Å². The van der Waals surface area contributed by atoms with Gasteiger partial charge >= 0.3 is 0 Å². The average Bonchev–Trinajstić information content (AvgIpc) is 2.63. The average molecular weight is 369 g/mol. The van der Waals surface area contributed by atoms with Crippen molar-refractivity contribution in [2.75, 3.05) is 46.6 Å². The summed E-state index contributed by atoms with van der Waals surface area (Å²) >= 11 is 0. The van der Waals surface area contributed by atoms with Crippen molar-refractivity contribution in [2.45, 2.75) is 57.8 Å². The fourth-order valence-corrected chi connectivity index (χ4v) is 2.81. The molecule has 0 unspecified atom stereocenters. The molecule has 0 aromatic carbocycles. The van der Waals surface area contributed by atoms with Crippen molar-refractivity contribution in [3.8, 4) is 11.5 Å². The van der Waals surface area contributed by atoms with Gasteiger partial charge in [0.25, 0.3) is 0 Å². The minimum atomic E-state index is 0.175. The summed E-state index contributed by atoms with van der Waals surface area (Å²) in [7, 11) is 7.09. The smallest absolute Gasteiger partial charge is 0.179 e. The Kier molecular flexibility index (Phi) is 11.8. The maximum Gasteiger partial charge on any atom is 0.179 e. The molecule has 0 atom stereocenters. The van der Waals surface area contributed by atoms with Gasteiger partial charge in [-0.3, -0.25) is 0 Å². The zero-order chi connectivity index (χ0) is 19.2. The molecule has 6 nitrogen and oxygen atoms in total. The van der Waals surface area contributed by atoms with Crippen LogP contribution < -0.4 is 9.64 Å². The maximum absolute atomic E-state index is 10.2. The monoisotopic (exact) mass is 368 g/mol. The molecule has 0 amide bonds. The number of unbranched alkanes of at least 4 members (excludes halogenated alkanes) is 7. The zero-order valence-electron chi connectivity index (χ0n) is 16.9. The number of aryl methyl sites for hydroxylation is 1. The number of hydrogen-bond acceptors (Lipinski definition) is 6. The maximum atomic E-state index is 10.2. The second-order valence-corrected chi connectivity index (χ2v) is 6.77. The van der Waals surface area contributed by atoms with E-state index in [2.05, 4.69) is 4.98 Å². The molecule has 1 N–H and O–H groups in total. The predicted octanol–water partition coefficient (Wildman–Crippen LogP) is 4.15. The number of pyridine rings is 1. The Morgan fingerprint density at radius 3 is 2.15 bits per heavy atom. The molecule has 0 aliphatic carbocycles. The summed E-state index contributed by atoms with van der Waals surface area (Å²) in [5.41, 5.74) is 0.726. The van der Waals surface area contributed by atoms with Crippen LogP contribution in [-0.4, -0.2) is 51.8 Å². The Labute approximate surface area is 158 Å². The van der Waals surface area contributed by atoms with Crippen LogP contribution in [-0.2, 0) is 15.9 Å². The molecule has 1 aromatic rings. The van der Waals surface area contributed by atoms with E-state index >= 15 is 0 Å². The highest BCUT2D eigenvalue weighted by atomic mass is 16.7. The first-order valence-corrected chi connectivity index (χ1v) is 9.61. The summed E-state index contributed by atoms with van der Waals surface area (Å²) < 4.78 is 15.4. The number of hydrogen-bond donors (Lipinski definition) is 1. The molecule has 26 heavy (non-hydrogen) atoms. The van der Waals surface area contributed by atoms with Crippen LogP contribution in [0, 0.1) is 0 Å². The number of aromatic nitrogens is 1. The highest BCUT2D eigenvalue weighted by molar-refractivity contribution is 5.52. The van der Waals surface area contributed by atoms with Gasteiger partial charge in [0.2, 0.25) is 0 Å². The van der Waals surface area contributed by atoms with Gasteiger partial charge in [0.1, 0.15) is 12.6 Å². The van der Waals surface area contributed by atoms with Crippen molar-refractivity contribution in [3.05, 3.63) is 11.8 Å². The molecular formula is C20H36N2O4. The van der Waals surface area contributed by atoms with E-state index in [9.17, 15) is 5.11 Å². The van der Waals surface area contributed by atoms with E-state index in [1.54, 1.807) is 20.3 Å². The summed E-state index contributed by atoms with van der Waals surface area (Å²) in [5, 5.41) is 10.2. The van der Waals surface area contributed by atoms with E-state index in [4.69, 9.17) is 14.2 Å². The molecule has 150 valence electrons. The second-order valence-electron chi connectivity index (χ2n) is 6.77. The lowest BCUT2D eigenvalue weighted by atomic mass is 10.1. The first-order chi connectivity index (χ1) is 12.6. The minimum Gasteiger partial charge on any atom is -0.503 e. The van der Waals surface area contributed by atoms with E-state index in [1.807, 2.05) is 19.0 Å². The van der Waals surface area contributed by atoms with Gasteiger partial charge in [-0.1, -0.05) is 38.5 Å². The Balaban J connectivity index is 2.17. The Bertz CT molecular complexity index is 495. The lowest BCUT2D eigenvalue weighted by Crippen LogP contribution is -2.12. The number of anilines is 1. The Morgan fingerprint density at radius 1 is 0.962 bits per heavy atom. The van der Waals surface area contributed by atoms with Gasteiger partial charge in [-0.2, -0.15) is 0 Å². The van der Waals surface area contributed by atoms with Crippen LogP contribution in [0.3, 0.4) is 0 Å². The van der Waals surface area contributed by atoms with Gasteiger partial charge in [0, 0.05) is 33.9 Å². The van der Waals surface area contributed by atoms with Crippen LogP contribution >= 0.6 is 0 Å². The third-order valence-electron chi connectivity index (χ3n) is 4.35. The lowest BCUT2D eigenvalue weighted by Gasteiger charge is -2.16. The molecule has 6 heteroatoms. The summed E-state index contributed by atoms with van der Waals surface area (Å²) in [6, 6.07) is 1.76. The minimum absolute atomic E-state index is 0.175. The third-order valence-corrected chi connectivity index (χ3v) is 4.35. The summed E-state index contributed by atoms with van der Waals surface area (Å²) in [5.74, 6) is 1.48. The zero-order valence-corrected chi connectivity index (χ0v) is 16.9. The van der Waals surface area contributed by atoms with E-state index in [-0.39, 0.29) is 5.75 Å². The van der Waals surface area contributed by atoms with Gasteiger partial charge in [0.15, 0.2) is 11.5 Å². The molecule has 0 spiro atoms. The number of methoxy groups -OCH3 is 2. The number of rotatable bonds is 15. The third kappa shape index (κ3) is 8.72. The Morgan fingerprint density at radius 2 is 1.58 bits per heavy atom. The molecule has 1 aromatic heterocycles. The van der Waals surface area contributed by atoms with Gasteiger partial charge in [0.05, 0.1) is 12.8 Å². The van der Waals surface area contributed by atoms with E-state index in [0.717, 1.165) is 43.8 Å². The fraction of sp³-hybridized carbons (Fsp3) is 0.750. The SMILES string of the molecule is COCOCCCCCCCCCCc1nc(N(C)C)cc(OC)c1O. The lowest BCUT2D eigenvalue weighted by molar-refractivity contribution is -0.0315. The fourth-order valence-electron chi connectivity index (χ4n) is 2.81. The van der Waals surface area contributed by atoms with Crippen LogP contribution in [0.15, 0.2) is 6.07 Å². The van der Waals surface area contributed by atoms with E-state index in [0.29, 0.717) is 12.5 Å². The number of nitrogens with zero attached hydrogens (tertiary/aromatic N) is 2. The number of ether oxygens (including phenoxy) is 3. The van der Waals surface area contributed by atoms with Crippen molar-refractivity contribution >= 4 is 5.82 Å². The predicted molar refractivity (Wildman–Crippen MR) is 105 cm³/mol. The van der Waals surface area contributed by atoms with Crippen molar-refractivity contribution in [2.24, 2.45) is 0 Å². The van der Waals surface area contributed by atoms with Crippen molar-refractivity contribution in [1.29, 1.82) is 0 Å². The van der Waals surface area contributed by atoms with Crippen LogP contribution in [0.2, 0.25) is 0 Å². The molecule has 1 heterocycles. The van der Waals surface area contributed by atoms with Crippen molar-refractivity contribution < 1.29 is 19.3 Å². The normalized spacial score (nSPS) is 10.9. The molecule has 1 rings (SSSR count). The van der Waals surface area contributed by atoms with Crippen molar-refractivity contribution in [3.63, 3.8) is 0 Å². The molecule has 0 saturated carbocycles. The largest absolute Gasteiger partial charge is 0.503 e. The molecule has 0 fully saturated rings. The van der Waals surface area contributed by atoms with Gasteiger partial charge < -0.3 is 24.2 Å². The number of aromatic hydroxyl groups is 1. The Hall–Kier alpha value is -1.53. The second kappa shape index (κ2) is 13.6. The van der Waals surface area contributed by atoms with Crippen LogP contribution in [0.4, 0.5) is 5.82 Å². The molecule has 0 aliphatic heterocycles. The van der Waals surface area contributed by atoms with Crippen LogP contribution in [0.5, 0.6) is 11.5 Å². The summed E-state index contributed by atoms with van der Waals surface area (Å²) in [4.78, 5) is 6.47. The quantitative estimate of drug-likeness (QED) is 0.371. The topological polar surface area (TPSA) is 64.1 Å². The molecule has 0 saturated heterocycles. The molecule has 0 bridgehead atoms. The van der Waals surface area contributed by atoms with Crippen LogP contribution in [0.1, 0.15) is 57.1 Å². The standard InChI is InChI=1S/C20H36N2O4/c1-22(2)19-15-18(25-4)20(23)17(21-19)13-11-9-7-5-6-8-10-12-14-26-16-24-3/h15,23H,5-14,16H2,1-4H3. The molecule has 0 radical (unpaired) electrons. The van der Waals surface area contributed by atoms with Gasteiger partial charge in [-0.25, -0.2) is 4.98 Å². The van der Waals surface area contributed by atoms with Gasteiger partial charge in [-0.15, -0.1) is 0 Å². The summed E-state index contributed by atoms with van der Waals surface area (Å²) in [6.45, 7) is 1.19.